The van der Waals surface area contributed by atoms with Crippen LogP contribution >= 0.6 is 0 Å². The predicted molar refractivity (Wildman–Crippen MR) is 89.7 cm³/mol. The average molecular weight is 361 g/mol. The number of carboxylic acids is 1. The van der Waals surface area contributed by atoms with E-state index in [4.69, 9.17) is 5.11 Å². The van der Waals surface area contributed by atoms with E-state index in [1.165, 1.54) is 12.1 Å². The molecule has 0 heterocycles. The third-order valence-electron chi connectivity index (χ3n) is 3.38. The van der Waals surface area contributed by atoms with Crippen molar-refractivity contribution in [1.29, 1.82) is 0 Å². The van der Waals surface area contributed by atoms with E-state index < -0.39 is 18.1 Å². The Kier molecular flexibility index (Phi) is 6.02. The molecule has 0 aliphatic heterocycles. The molecule has 0 radical (unpaired) electrons. The van der Waals surface area contributed by atoms with Gasteiger partial charge in [0.05, 0.1) is 11.3 Å². The van der Waals surface area contributed by atoms with Gasteiger partial charge in [-0.3, -0.25) is 4.79 Å². The van der Waals surface area contributed by atoms with Crippen LogP contribution in [0.5, 0.6) is 0 Å². The number of halogens is 3. The molecule has 0 atom stereocenters. The number of rotatable bonds is 4. The molecule has 1 amide bonds. The number of alkyl halides is 3. The van der Waals surface area contributed by atoms with Gasteiger partial charge in [0, 0.05) is 12.0 Å². The number of carbonyl (C=O) groups is 2. The van der Waals surface area contributed by atoms with Crippen LogP contribution < -0.4 is 5.32 Å². The highest BCUT2D eigenvalue weighted by molar-refractivity contribution is 5.98. The van der Waals surface area contributed by atoms with E-state index in [-0.39, 0.29) is 16.8 Å². The lowest BCUT2D eigenvalue weighted by Gasteiger charge is -2.10. The maximum atomic E-state index is 12.5. The molecule has 0 bridgehead atoms. The van der Waals surface area contributed by atoms with E-state index in [0.29, 0.717) is 12.8 Å². The minimum atomic E-state index is -5.09. The van der Waals surface area contributed by atoms with E-state index in [0.717, 1.165) is 11.6 Å². The second-order valence-electron chi connectivity index (χ2n) is 5.30. The Hall–Kier alpha value is -3.27. The fourth-order valence-electron chi connectivity index (χ4n) is 2.09. The first-order valence-corrected chi connectivity index (χ1v) is 7.55. The highest BCUT2D eigenvalue weighted by atomic mass is 19.4. The fourth-order valence-corrected chi connectivity index (χ4v) is 2.09. The molecular formula is C19H14F3NO3. The van der Waals surface area contributed by atoms with Gasteiger partial charge in [0.1, 0.15) is 0 Å². The van der Waals surface area contributed by atoms with Crippen LogP contribution in [0.15, 0.2) is 48.5 Å². The zero-order valence-electron chi connectivity index (χ0n) is 13.4. The van der Waals surface area contributed by atoms with Crippen LogP contribution in [0.1, 0.15) is 27.9 Å². The Morgan fingerprint density at radius 1 is 1.08 bits per heavy atom. The minimum absolute atomic E-state index is 0.112. The Labute approximate surface area is 147 Å². The van der Waals surface area contributed by atoms with Crippen molar-refractivity contribution >= 4 is 17.6 Å². The van der Waals surface area contributed by atoms with Crippen molar-refractivity contribution in [3.05, 3.63) is 65.2 Å². The van der Waals surface area contributed by atoms with Gasteiger partial charge in [0.25, 0.3) is 0 Å². The topological polar surface area (TPSA) is 66.4 Å². The summed E-state index contributed by atoms with van der Waals surface area (Å²) in [6.07, 6.45) is -3.97. The van der Waals surface area contributed by atoms with Crippen molar-refractivity contribution in [2.24, 2.45) is 0 Å². The number of aryl methyl sites for hydroxylation is 1. The van der Waals surface area contributed by atoms with Crippen molar-refractivity contribution in [2.75, 3.05) is 5.32 Å². The molecular weight excluding hydrogens is 347 g/mol. The molecule has 7 heteroatoms. The van der Waals surface area contributed by atoms with Crippen LogP contribution in [0.3, 0.4) is 0 Å². The fraction of sp³-hybridized carbons (Fsp3) is 0.158. The molecule has 0 aromatic heterocycles. The summed E-state index contributed by atoms with van der Waals surface area (Å²) in [4.78, 5) is 22.1. The van der Waals surface area contributed by atoms with Crippen LogP contribution in [-0.2, 0) is 11.2 Å². The summed E-state index contributed by atoms with van der Waals surface area (Å²) in [6.45, 7) is 0. The SMILES string of the molecule is O=C(O)c1ccc(C#CCCc2ccccc2)c(NC(=O)C(F)(F)F)c1. The van der Waals surface area contributed by atoms with Gasteiger partial charge in [0.15, 0.2) is 0 Å². The lowest BCUT2D eigenvalue weighted by atomic mass is 10.1. The molecule has 0 fully saturated rings. The molecule has 2 aromatic rings. The lowest BCUT2D eigenvalue weighted by molar-refractivity contribution is -0.167. The first kappa shape index (κ1) is 19.1. The maximum absolute atomic E-state index is 12.5. The molecule has 0 aliphatic carbocycles. The van der Waals surface area contributed by atoms with Crippen molar-refractivity contribution in [1.82, 2.24) is 0 Å². The van der Waals surface area contributed by atoms with Gasteiger partial charge in [-0.2, -0.15) is 13.2 Å². The molecule has 134 valence electrons. The van der Waals surface area contributed by atoms with Crippen molar-refractivity contribution in [3.8, 4) is 11.8 Å². The Balaban J connectivity index is 2.20. The molecule has 0 spiro atoms. The monoisotopic (exact) mass is 361 g/mol. The minimum Gasteiger partial charge on any atom is -0.478 e. The van der Waals surface area contributed by atoms with Gasteiger partial charge in [-0.15, -0.1) is 0 Å². The largest absolute Gasteiger partial charge is 0.478 e. The second-order valence-corrected chi connectivity index (χ2v) is 5.30. The quantitative estimate of drug-likeness (QED) is 0.813. The van der Waals surface area contributed by atoms with Crippen LogP contribution in [0, 0.1) is 11.8 Å². The summed E-state index contributed by atoms with van der Waals surface area (Å²) in [7, 11) is 0. The Morgan fingerprint density at radius 2 is 1.77 bits per heavy atom. The van der Waals surface area contributed by atoms with E-state index in [9.17, 15) is 22.8 Å². The van der Waals surface area contributed by atoms with E-state index in [1.54, 1.807) is 5.32 Å². The number of amides is 1. The molecule has 4 nitrogen and oxygen atoms in total. The van der Waals surface area contributed by atoms with Gasteiger partial charge < -0.3 is 10.4 Å². The summed E-state index contributed by atoms with van der Waals surface area (Å²) in [5.74, 6) is 1.99. The smallest absolute Gasteiger partial charge is 0.471 e. The molecule has 2 aromatic carbocycles. The summed E-state index contributed by atoms with van der Waals surface area (Å²) in [6, 6.07) is 13.0. The summed E-state index contributed by atoms with van der Waals surface area (Å²) < 4.78 is 37.4. The van der Waals surface area contributed by atoms with Gasteiger partial charge in [-0.1, -0.05) is 42.2 Å². The van der Waals surface area contributed by atoms with E-state index in [1.807, 2.05) is 30.3 Å². The van der Waals surface area contributed by atoms with Gasteiger partial charge >= 0.3 is 18.1 Å². The predicted octanol–water partition coefficient (Wildman–Crippen LogP) is 3.87. The number of aromatic carboxylic acids is 1. The third kappa shape index (κ3) is 5.38. The molecule has 0 aliphatic rings. The summed E-state index contributed by atoms with van der Waals surface area (Å²) in [5.41, 5.74) is 0.631. The number of hydrogen-bond acceptors (Lipinski definition) is 2. The number of nitrogens with one attached hydrogen (secondary N) is 1. The summed E-state index contributed by atoms with van der Waals surface area (Å²) in [5, 5.41) is 10.6. The average Bonchev–Trinajstić information content (AvgIpc) is 2.59. The second kappa shape index (κ2) is 8.21. The van der Waals surface area contributed by atoms with Gasteiger partial charge in [0.2, 0.25) is 0 Å². The molecule has 0 unspecified atom stereocenters. The zero-order valence-corrected chi connectivity index (χ0v) is 13.4. The molecule has 0 saturated heterocycles. The first-order valence-electron chi connectivity index (χ1n) is 7.55. The normalized spacial score (nSPS) is 10.6. The summed E-state index contributed by atoms with van der Waals surface area (Å²) >= 11 is 0. The van der Waals surface area contributed by atoms with E-state index in [2.05, 4.69) is 11.8 Å². The third-order valence-corrected chi connectivity index (χ3v) is 3.38. The van der Waals surface area contributed by atoms with Crippen LogP contribution in [0.2, 0.25) is 0 Å². The number of anilines is 1. The molecule has 2 rings (SSSR count). The highest BCUT2D eigenvalue weighted by Crippen LogP contribution is 2.22. The Bertz CT molecular complexity index is 865. The molecule has 0 saturated carbocycles. The van der Waals surface area contributed by atoms with Crippen LogP contribution in [0.4, 0.5) is 18.9 Å². The number of benzene rings is 2. The van der Waals surface area contributed by atoms with Crippen LogP contribution in [0.25, 0.3) is 0 Å². The molecule has 2 N–H and O–H groups in total. The zero-order chi connectivity index (χ0) is 19.2. The van der Waals surface area contributed by atoms with Crippen LogP contribution in [-0.4, -0.2) is 23.2 Å². The van der Waals surface area contributed by atoms with Crippen molar-refractivity contribution < 1.29 is 27.9 Å². The first-order chi connectivity index (χ1) is 12.3. The number of hydrogen-bond donors (Lipinski definition) is 2. The van der Waals surface area contributed by atoms with Gasteiger partial charge in [-0.05, 0) is 30.2 Å². The number of carbonyl (C=O) groups excluding carboxylic acids is 1. The van der Waals surface area contributed by atoms with Crippen molar-refractivity contribution in [3.63, 3.8) is 0 Å². The van der Waals surface area contributed by atoms with Gasteiger partial charge in [-0.25, -0.2) is 4.79 Å². The standard InChI is InChI=1S/C19H14F3NO3/c20-19(21,22)18(26)23-16-12-15(17(24)25)11-10-14(16)9-5-4-8-13-6-2-1-3-7-13/h1-3,6-7,10-12H,4,8H2,(H,23,26)(H,24,25). The highest BCUT2D eigenvalue weighted by Gasteiger charge is 2.39. The Morgan fingerprint density at radius 3 is 2.38 bits per heavy atom. The van der Waals surface area contributed by atoms with E-state index >= 15 is 0 Å². The molecule has 26 heavy (non-hydrogen) atoms. The lowest BCUT2D eigenvalue weighted by Crippen LogP contribution is -2.30. The van der Waals surface area contributed by atoms with Crippen molar-refractivity contribution in [2.45, 2.75) is 19.0 Å². The number of carboxylic acid groups (broad SMARTS) is 1. The maximum Gasteiger partial charge on any atom is 0.471 e.